The van der Waals surface area contributed by atoms with Gasteiger partial charge < -0.3 is 14.2 Å². The number of hydrogen-bond donors (Lipinski definition) is 0. The molecule has 416 valence electrons. The zero-order valence-electron chi connectivity index (χ0n) is 48.3. The molecule has 6 nitrogen and oxygen atoms in total. The Morgan fingerprint density at radius 1 is 0.286 bits per heavy atom. The second kappa shape index (κ2) is 55.2. The fourth-order valence-electron chi connectivity index (χ4n) is 9.82. The summed E-state index contributed by atoms with van der Waals surface area (Å²) in [5.41, 5.74) is 0. The van der Waals surface area contributed by atoms with Gasteiger partial charge in [0, 0.05) is 19.3 Å². The van der Waals surface area contributed by atoms with E-state index in [4.69, 9.17) is 14.2 Å². The molecule has 0 N–H and O–H groups in total. The normalized spacial score (nSPS) is 12.9. The zero-order valence-corrected chi connectivity index (χ0v) is 48.3. The number of carbonyl (C=O) groups excluding carboxylic acids is 3. The summed E-state index contributed by atoms with van der Waals surface area (Å²) in [5.74, 6) is 1.79. The van der Waals surface area contributed by atoms with E-state index in [-0.39, 0.29) is 31.1 Å². The van der Waals surface area contributed by atoms with E-state index in [0.717, 1.165) is 75.5 Å². The highest BCUT2D eigenvalue weighted by atomic mass is 16.6. The average Bonchev–Trinajstić information content (AvgIpc) is 3.35. The Bertz CT molecular complexity index is 1090. The van der Waals surface area contributed by atoms with Gasteiger partial charge in [0.2, 0.25) is 0 Å². The van der Waals surface area contributed by atoms with Crippen LogP contribution in [0.5, 0.6) is 0 Å². The first-order valence-corrected chi connectivity index (χ1v) is 31.7. The van der Waals surface area contributed by atoms with E-state index in [1.165, 1.54) is 238 Å². The molecule has 70 heavy (non-hydrogen) atoms. The number of carbonyl (C=O) groups is 3. The van der Waals surface area contributed by atoms with Gasteiger partial charge in [-0.2, -0.15) is 0 Å². The Hall–Kier alpha value is -1.59. The topological polar surface area (TPSA) is 78.9 Å². The van der Waals surface area contributed by atoms with Crippen LogP contribution in [-0.4, -0.2) is 37.2 Å². The molecule has 0 saturated heterocycles. The van der Waals surface area contributed by atoms with Crippen molar-refractivity contribution in [1.29, 1.82) is 0 Å². The van der Waals surface area contributed by atoms with Crippen LogP contribution < -0.4 is 0 Å². The summed E-state index contributed by atoms with van der Waals surface area (Å²) < 4.78 is 17.0. The fourth-order valence-corrected chi connectivity index (χ4v) is 9.82. The van der Waals surface area contributed by atoms with Gasteiger partial charge >= 0.3 is 17.9 Å². The molecule has 0 heterocycles. The molecule has 0 radical (unpaired) electrons. The predicted octanol–water partition coefficient (Wildman–Crippen LogP) is 21.1. The minimum atomic E-state index is -0.764. The molecule has 6 heteroatoms. The Kier molecular flexibility index (Phi) is 53.9. The minimum absolute atomic E-state index is 0.0627. The second-order valence-electron chi connectivity index (χ2n) is 23.0. The molecular weight excluding hydrogens is 865 g/mol. The maximum absolute atomic E-state index is 12.9. The van der Waals surface area contributed by atoms with E-state index in [9.17, 15) is 14.4 Å². The molecule has 0 aromatic heterocycles. The first kappa shape index (κ1) is 68.4. The largest absolute Gasteiger partial charge is 0.462 e. The van der Waals surface area contributed by atoms with Gasteiger partial charge in [0.05, 0.1) is 0 Å². The van der Waals surface area contributed by atoms with Crippen molar-refractivity contribution >= 4 is 17.9 Å². The molecule has 0 aromatic rings. The number of esters is 3. The Morgan fingerprint density at radius 3 is 0.743 bits per heavy atom. The molecule has 2 unspecified atom stereocenters. The van der Waals surface area contributed by atoms with Crippen LogP contribution in [0.15, 0.2) is 0 Å². The molecule has 0 fully saturated rings. The molecule has 0 bridgehead atoms. The summed E-state index contributed by atoms with van der Waals surface area (Å²) in [6, 6.07) is 0. The predicted molar refractivity (Wildman–Crippen MR) is 303 cm³/mol. The molecule has 0 aliphatic rings. The van der Waals surface area contributed by atoms with Crippen LogP contribution in [-0.2, 0) is 28.6 Å². The number of ether oxygens (including phenoxy) is 3. The van der Waals surface area contributed by atoms with Crippen LogP contribution in [0.3, 0.4) is 0 Å². The molecule has 0 aromatic carbocycles. The van der Waals surface area contributed by atoms with Crippen molar-refractivity contribution in [2.45, 2.75) is 362 Å². The first-order valence-electron chi connectivity index (χ1n) is 31.7. The van der Waals surface area contributed by atoms with Crippen LogP contribution in [0.2, 0.25) is 0 Å². The van der Waals surface area contributed by atoms with Gasteiger partial charge in [-0.05, 0) is 37.0 Å². The van der Waals surface area contributed by atoms with Gasteiger partial charge in [-0.15, -0.1) is 0 Å². The van der Waals surface area contributed by atoms with Crippen molar-refractivity contribution in [3.63, 3.8) is 0 Å². The van der Waals surface area contributed by atoms with Gasteiger partial charge in [0.15, 0.2) is 6.10 Å². The highest BCUT2D eigenvalue weighted by molar-refractivity contribution is 5.71. The summed E-state index contributed by atoms with van der Waals surface area (Å²) in [6.45, 7) is 13.9. The SMILES string of the molecule is CCC(C)CCCCCCCCCCCCCCCCC(=O)OC[C@H](COC(=O)CCCCCCCCCCCCCCCC(C)C)OC(=O)CCCCCCCCCCCCCCCCC(C)CC. The number of rotatable bonds is 57. The van der Waals surface area contributed by atoms with Crippen molar-refractivity contribution in [2.75, 3.05) is 13.2 Å². The van der Waals surface area contributed by atoms with E-state index < -0.39 is 6.10 Å². The number of hydrogen-bond acceptors (Lipinski definition) is 6. The Labute approximate surface area is 438 Å². The summed E-state index contributed by atoms with van der Waals surface area (Å²) in [4.78, 5) is 38.3. The van der Waals surface area contributed by atoms with Crippen LogP contribution in [0, 0.1) is 17.8 Å². The molecule has 0 rings (SSSR count). The molecule has 0 amide bonds. The molecule has 0 aliphatic carbocycles. The standard InChI is InChI=1S/C64H124O6/c1-7-59(5)51-45-39-33-27-21-15-9-11-17-23-29-35-41-47-53-62(65)68-56-61(57-69-63(66)54-48-42-36-30-24-19-13-14-20-26-32-38-44-50-58(3)4)70-64(67)55-49-43-37-31-25-18-12-10-16-22-28-34-40-46-52-60(6)8-2/h58-61H,7-57H2,1-6H3/t59?,60?,61-/m1/s1. The van der Waals surface area contributed by atoms with Crippen molar-refractivity contribution in [3.8, 4) is 0 Å². The third-order valence-corrected chi connectivity index (χ3v) is 15.4. The quantitative estimate of drug-likeness (QED) is 0.0343. The van der Waals surface area contributed by atoms with Crippen LogP contribution in [0.25, 0.3) is 0 Å². The van der Waals surface area contributed by atoms with Crippen LogP contribution in [0.4, 0.5) is 0 Å². The van der Waals surface area contributed by atoms with E-state index in [1.54, 1.807) is 0 Å². The van der Waals surface area contributed by atoms with Gasteiger partial charge in [-0.1, -0.05) is 318 Å². The van der Waals surface area contributed by atoms with E-state index in [1.807, 2.05) is 0 Å². The first-order chi connectivity index (χ1) is 34.2. The Morgan fingerprint density at radius 2 is 0.500 bits per heavy atom. The van der Waals surface area contributed by atoms with Crippen molar-refractivity contribution < 1.29 is 28.6 Å². The number of unbranched alkanes of at least 4 members (excludes halogenated alkanes) is 38. The van der Waals surface area contributed by atoms with Gasteiger partial charge in [0.25, 0.3) is 0 Å². The Balaban J connectivity index is 4.31. The summed E-state index contributed by atoms with van der Waals surface area (Å²) >= 11 is 0. The highest BCUT2D eigenvalue weighted by Crippen LogP contribution is 2.20. The lowest BCUT2D eigenvalue weighted by molar-refractivity contribution is -0.167. The molecule has 0 spiro atoms. The molecular formula is C64H124O6. The van der Waals surface area contributed by atoms with Crippen molar-refractivity contribution in [2.24, 2.45) is 17.8 Å². The van der Waals surface area contributed by atoms with Gasteiger partial charge in [-0.3, -0.25) is 14.4 Å². The lowest BCUT2D eigenvalue weighted by Crippen LogP contribution is -2.30. The van der Waals surface area contributed by atoms with Crippen molar-refractivity contribution in [1.82, 2.24) is 0 Å². The molecule has 3 atom stereocenters. The van der Waals surface area contributed by atoms with Crippen LogP contribution in [0.1, 0.15) is 356 Å². The van der Waals surface area contributed by atoms with E-state index in [0.29, 0.717) is 19.3 Å². The van der Waals surface area contributed by atoms with Gasteiger partial charge in [-0.25, -0.2) is 0 Å². The van der Waals surface area contributed by atoms with Crippen molar-refractivity contribution in [3.05, 3.63) is 0 Å². The minimum Gasteiger partial charge on any atom is -0.462 e. The second-order valence-corrected chi connectivity index (χ2v) is 23.0. The third-order valence-electron chi connectivity index (χ3n) is 15.4. The van der Waals surface area contributed by atoms with Crippen LogP contribution >= 0.6 is 0 Å². The van der Waals surface area contributed by atoms with E-state index >= 15 is 0 Å². The summed E-state index contributed by atoms with van der Waals surface area (Å²) in [7, 11) is 0. The van der Waals surface area contributed by atoms with Gasteiger partial charge in [0.1, 0.15) is 13.2 Å². The smallest absolute Gasteiger partial charge is 0.306 e. The summed E-state index contributed by atoms with van der Waals surface area (Å²) in [6.07, 6.45) is 59.4. The lowest BCUT2D eigenvalue weighted by atomic mass is 9.99. The third kappa shape index (κ3) is 54.2. The zero-order chi connectivity index (χ0) is 51.2. The maximum Gasteiger partial charge on any atom is 0.306 e. The van der Waals surface area contributed by atoms with E-state index in [2.05, 4.69) is 41.5 Å². The molecule has 0 saturated carbocycles. The lowest BCUT2D eigenvalue weighted by Gasteiger charge is -2.18. The fraction of sp³-hybridized carbons (Fsp3) is 0.953. The summed E-state index contributed by atoms with van der Waals surface area (Å²) in [5, 5.41) is 0. The molecule has 0 aliphatic heterocycles. The highest BCUT2D eigenvalue weighted by Gasteiger charge is 2.19. The monoisotopic (exact) mass is 989 g/mol. The average molecular weight is 990 g/mol. The maximum atomic E-state index is 12.9.